The van der Waals surface area contributed by atoms with E-state index in [0.717, 1.165) is 19.1 Å². The van der Waals surface area contributed by atoms with Crippen LogP contribution in [-0.4, -0.2) is 49.8 Å². The third kappa shape index (κ3) is 4.23. The second-order valence-electron chi connectivity index (χ2n) is 5.88. The van der Waals surface area contributed by atoms with Gasteiger partial charge in [-0.1, -0.05) is 13.8 Å². The molecule has 0 aromatic heterocycles. The van der Waals surface area contributed by atoms with Crippen molar-refractivity contribution in [1.29, 1.82) is 0 Å². The molecule has 17 heavy (non-hydrogen) atoms. The number of nitrogens with zero attached hydrogens (tertiary/aromatic N) is 1. The fourth-order valence-electron chi connectivity index (χ4n) is 2.91. The van der Waals surface area contributed by atoms with Crippen molar-refractivity contribution >= 4 is 0 Å². The molecule has 0 saturated carbocycles. The molecule has 2 saturated heterocycles. The van der Waals surface area contributed by atoms with Gasteiger partial charge in [0.15, 0.2) is 0 Å². The van der Waals surface area contributed by atoms with Crippen molar-refractivity contribution in [3.05, 3.63) is 0 Å². The monoisotopic (exact) mass is 240 g/mol. The van der Waals surface area contributed by atoms with Gasteiger partial charge in [0.2, 0.25) is 0 Å². The summed E-state index contributed by atoms with van der Waals surface area (Å²) in [6, 6.07) is 0.687. The van der Waals surface area contributed by atoms with Crippen LogP contribution in [0.1, 0.15) is 39.5 Å². The summed E-state index contributed by atoms with van der Waals surface area (Å²) in [6.07, 6.45) is 5.69. The predicted octanol–water partition coefficient (Wildman–Crippen LogP) is 1.88. The highest BCUT2D eigenvalue weighted by Crippen LogP contribution is 2.17. The molecule has 0 bridgehead atoms. The Bertz CT molecular complexity index is 214. The molecule has 2 aliphatic heterocycles. The molecule has 2 fully saturated rings. The Morgan fingerprint density at radius 2 is 2.29 bits per heavy atom. The van der Waals surface area contributed by atoms with Gasteiger partial charge in [0.1, 0.15) is 0 Å². The highest BCUT2D eigenvalue weighted by atomic mass is 16.5. The smallest absolute Gasteiger partial charge is 0.0576 e. The lowest BCUT2D eigenvalue weighted by Crippen LogP contribution is -2.52. The average molecular weight is 240 g/mol. The molecule has 0 amide bonds. The largest absolute Gasteiger partial charge is 0.378 e. The van der Waals surface area contributed by atoms with Gasteiger partial charge in [-0.15, -0.1) is 0 Å². The Morgan fingerprint density at radius 3 is 3.00 bits per heavy atom. The first kappa shape index (κ1) is 13.3. The van der Waals surface area contributed by atoms with Crippen LogP contribution >= 0.6 is 0 Å². The summed E-state index contributed by atoms with van der Waals surface area (Å²) >= 11 is 0. The van der Waals surface area contributed by atoms with Crippen LogP contribution in [-0.2, 0) is 4.74 Å². The van der Waals surface area contributed by atoms with Gasteiger partial charge in [0, 0.05) is 32.3 Å². The summed E-state index contributed by atoms with van der Waals surface area (Å²) in [5.74, 6) is 0.746. The molecule has 100 valence electrons. The van der Waals surface area contributed by atoms with Crippen molar-refractivity contribution < 1.29 is 4.74 Å². The fourth-order valence-corrected chi connectivity index (χ4v) is 2.91. The first-order valence-corrected chi connectivity index (χ1v) is 7.33. The first-order valence-electron chi connectivity index (χ1n) is 7.33. The maximum atomic E-state index is 5.67. The topological polar surface area (TPSA) is 24.5 Å². The van der Waals surface area contributed by atoms with Gasteiger partial charge in [-0.2, -0.15) is 0 Å². The van der Waals surface area contributed by atoms with E-state index in [1.807, 2.05) is 0 Å². The fraction of sp³-hybridized carbons (Fsp3) is 1.00. The molecule has 0 aromatic carbocycles. The van der Waals surface area contributed by atoms with Crippen molar-refractivity contribution in [2.45, 2.75) is 51.7 Å². The zero-order valence-corrected chi connectivity index (χ0v) is 11.5. The van der Waals surface area contributed by atoms with Crippen LogP contribution in [0.3, 0.4) is 0 Å². The van der Waals surface area contributed by atoms with E-state index in [1.54, 1.807) is 0 Å². The van der Waals surface area contributed by atoms with Gasteiger partial charge >= 0.3 is 0 Å². The van der Waals surface area contributed by atoms with Crippen molar-refractivity contribution in [3.63, 3.8) is 0 Å². The molecule has 0 aromatic rings. The number of hydrogen-bond acceptors (Lipinski definition) is 3. The highest BCUT2D eigenvalue weighted by molar-refractivity contribution is 4.80. The van der Waals surface area contributed by atoms with Crippen molar-refractivity contribution in [1.82, 2.24) is 10.2 Å². The Hall–Kier alpha value is -0.120. The molecule has 2 rings (SSSR count). The second kappa shape index (κ2) is 6.72. The third-order valence-electron chi connectivity index (χ3n) is 4.12. The van der Waals surface area contributed by atoms with E-state index < -0.39 is 0 Å². The van der Waals surface area contributed by atoms with Crippen LogP contribution in [0.15, 0.2) is 0 Å². The molecule has 0 spiro atoms. The first-order chi connectivity index (χ1) is 8.25. The summed E-state index contributed by atoms with van der Waals surface area (Å²) < 4.78 is 5.67. The Balaban J connectivity index is 1.61. The van der Waals surface area contributed by atoms with Crippen molar-refractivity contribution in [2.75, 3.05) is 32.8 Å². The second-order valence-corrected chi connectivity index (χ2v) is 5.88. The van der Waals surface area contributed by atoms with E-state index in [-0.39, 0.29) is 0 Å². The van der Waals surface area contributed by atoms with E-state index in [2.05, 4.69) is 24.1 Å². The molecular weight excluding hydrogens is 212 g/mol. The van der Waals surface area contributed by atoms with Crippen LogP contribution in [0, 0.1) is 5.92 Å². The number of nitrogens with one attached hydrogen (secondary N) is 1. The molecule has 2 heterocycles. The molecule has 2 aliphatic rings. The summed E-state index contributed by atoms with van der Waals surface area (Å²) in [7, 11) is 0. The van der Waals surface area contributed by atoms with E-state index in [4.69, 9.17) is 4.74 Å². The SMILES string of the molecule is CC(C)C1CN(CCCC2CCCO2)CCN1. The van der Waals surface area contributed by atoms with Crippen LogP contribution < -0.4 is 5.32 Å². The Kier molecular flexibility index (Phi) is 5.26. The van der Waals surface area contributed by atoms with E-state index in [1.165, 1.54) is 45.3 Å². The van der Waals surface area contributed by atoms with Gasteiger partial charge in [0.25, 0.3) is 0 Å². The lowest BCUT2D eigenvalue weighted by atomic mass is 10.0. The summed E-state index contributed by atoms with van der Waals surface area (Å²) in [5.41, 5.74) is 0. The predicted molar refractivity (Wildman–Crippen MR) is 71.3 cm³/mol. The van der Waals surface area contributed by atoms with Gasteiger partial charge in [-0.05, 0) is 38.1 Å². The Morgan fingerprint density at radius 1 is 1.41 bits per heavy atom. The normalized spacial score (nSPS) is 31.2. The number of hydrogen-bond donors (Lipinski definition) is 1. The zero-order valence-electron chi connectivity index (χ0n) is 11.5. The number of piperazine rings is 1. The van der Waals surface area contributed by atoms with Crippen LogP contribution in [0.25, 0.3) is 0 Å². The summed E-state index contributed by atoms with van der Waals surface area (Å²) in [4.78, 5) is 2.62. The molecule has 2 atom stereocenters. The standard InChI is InChI=1S/C14H28N2O/c1-12(2)14-11-16(9-7-15-14)8-3-5-13-6-4-10-17-13/h12-15H,3-11H2,1-2H3. The minimum atomic E-state index is 0.568. The van der Waals surface area contributed by atoms with Gasteiger partial charge in [0.05, 0.1) is 6.10 Å². The van der Waals surface area contributed by atoms with E-state index in [0.29, 0.717) is 12.1 Å². The molecule has 0 radical (unpaired) electrons. The number of ether oxygens (including phenoxy) is 1. The lowest BCUT2D eigenvalue weighted by Gasteiger charge is -2.35. The maximum Gasteiger partial charge on any atom is 0.0576 e. The van der Waals surface area contributed by atoms with Crippen LogP contribution in [0.4, 0.5) is 0 Å². The van der Waals surface area contributed by atoms with Crippen molar-refractivity contribution in [3.8, 4) is 0 Å². The summed E-state index contributed by atoms with van der Waals surface area (Å²) in [5, 5.41) is 3.61. The molecule has 3 heteroatoms. The van der Waals surface area contributed by atoms with E-state index in [9.17, 15) is 0 Å². The molecule has 2 unspecified atom stereocenters. The third-order valence-corrected chi connectivity index (χ3v) is 4.12. The lowest BCUT2D eigenvalue weighted by molar-refractivity contribution is 0.0956. The van der Waals surface area contributed by atoms with Crippen molar-refractivity contribution in [2.24, 2.45) is 5.92 Å². The molecule has 1 N–H and O–H groups in total. The summed E-state index contributed by atoms with van der Waals surface area (Å²) in [6.45, 7) is 10.5. The average Bonchev–Trinajstić information content (AvgIpc) is 2.82. The molecule has 3 nitrogen and oxygen atoms in total. The van der Waals surface area contributed by atoms with E-state index >= 15 is 0 Å². The van der Waals surface area contributed by atoms with Gasteiger partial charge < -0.3 is 15.0 Å². The number of rotatable bonds is 5. The van der Waals surface area contributed by atoms with Gasteiger partial charge in [-0.3, -0.25) is 0 Å². The zero-order chi connectivity index (χ0) is 12.1. The highest BCUT2D eigenvalue weighted by Gasteiger charge is 2.22. The van der Waals surface area contributed by atoms with Crippen LogP contribution in [0.5, 0.6) is 0 Å². The molecular formula is C14H28N2O. The quantitative estimate of drug-likeness (QED) is 0.794. The Labute approximate surface area is 106 Å². The maximum absolute atomic E-state index is 5.67. The van der Waals surface area contributed by atoms with Crippen LogP contribution in [0.2, 0.25) is 0 Å². The van der Waals surface area contributed by atoms with Gasteiger partial charge in [-0.25, -0.2) is 0 Å². The minimum Gasteiger partial charge on any atom is -0.378 e. The minimum absolute atomic E-state index is 0.568. The molecule has 0 aliphatic carbocycles.